The summed E-state index contributed by atoms with van der Waals surface area (Å²) in [5.74, 6) is -1.35. The number of carboxylic acids is 1. The van der Waals surface area contributed by atoms with E-state index >= 15 is 0 Å². The number of halogens is 1. The number of anilines is 1. The fourth-order valence-corrected chi connectivity index (χ4v) is 3.92. The van der Waals surface area contributed by atoms with E-state index in [2.05, 4.69) is 15.9 Å². The van der Waals surface area contributed by atoms with Crippen molar-refractivity contribution in [3.8, 4) is 0 Å². The minimum atomic E-state index is -1.35. The maximum atomic E-state index is 13.2. The molecule has 0 saturated carbocycles. The number of imide groups is 1. The minimum absolute atomic E-state index is 0.157. The summed E-state index contributed by atoms with van der Waals surface area (Å²) in [6, 6.07) is 2.92. The van der Waals surface area contributed by atoms with Gasteiger partial charge in [-0.15, -0.1) is 0 Å². The van der Waals surface area contributed by atoms with Gasteiger partial charge < -0.3 is 24.6 Å². The molecule has 2 N–H and O–H groups in total. The van der Waals surface area contributed by atoms with E-state index in [1.54, 1.807) is 47.6 Å². The Morgan fingerprint density at radius 3 is 1.80 bits per heavy atom. The average Bonchev–Trinajstić information content (AvgIpc) is 2.67. The third kappa shape index (κ3) is 8.10. The first-order valence-corrected chi connectivity index (χ1v) is 11.8. The fourth-order valence-electron chi connectivity index (χ4n) is 3.41. The molecule has 1 saturated heterocycles. The Hall–Kier alpha value is -2.86. The second kappa shape index (κ2) is 10.8. The van der Waals surface area contributed by atoms with Crippen LogP contribution in [-0.2, 0) is 16.0 Å². The molecule has 35 heavy (non-hydrogen) atoms. The van der Waals surface area contributed by atoms with Crippen LogP contribution in [0.15, 0.2) is 16.6 Å². The Labute approximate surface area is 212 Å². The molecule has 1 aromatic carbocycles. The molecule has 11 nitrogen and oxygen atoms in total. The van der Waals surface area contributed by atoms with Crippen LogP contribution in [0.2, 0.25) is 0 Å². The fraction of sp³-hybridized carbons (Fsp3) is 0.565. The van der Waals surface area contributed by atoms with Crippen LogP contribution in [0, 0.1) is 0 Å². The van der Waals surface area contributed by atoms with Crippen molar-refractivity contribution in [3.63, 3.8) is 0 Å². The summed E-state index contributed by atoms with van der Waals surface area (Å²) in [7, 11) is 0. The average molecular weight is 558 g/mol. The summed E-state index contributed by atoms with van der Waals surface area (Å²) in [5.41, 5.74) is -2.04. The molecule has 0 atom stereocenters. The van der Waals surface area contributed by atoms with Gasteiger partial charge in [0, 0.05) is 37.2 Å². The molecule has 194 valence electrons. The highest BCUT2D eigenvalue weighted by atomic mass is 79.9. The van der Waals surface area contributed by atoms with E-state index in [0.29, 0.717) is 28.0 Å². The predicted molar refractivity (Wildman–Crippen MR) is 131 cm³/mol. The molecule has 1 aliphatic rings. The van der Waals surface area contributed by atoms with Gasteiger partial charge in [0.2, 0.25) is 0 Å². The lowest BCUT2D eigenvalue weighted by molar-refractivity contribution is 0.0429. The number of ether oxygens (including phenoxy) is 2. The number of hydrogen-bond donors (Lipinski definition) is 2. The van der Waals surface area contributed by atoms with Gasteiger partial charge in [-0.3, -0.25) is 4.90 Å². The molecule has 0 unspecified atom stereocenters. The lowest BCUT2D eigenvalue weighted by Gasteiger charge is -2.34. The van der Waals surface area contributed by atoms with Crippen LogP contribution in [0.5, 0.6) is 0 Å². The number of hydrogen-bond acceptors (Lipinski definition) is 7. The normalized spacial score (nSPS) is 14.9. The van der Waals surface area contributed by atoms with Crippen LogP contribution in [0.25, 0.3) is 0 Å². The third-order valence-corrected chi connectivity index (χ3v) is 5.25. The smallest absolute Gasteiger partial charge is 0.424 e. The quantitative estimate of drug-likeness (QED) is 0.542. The Morgan fingerprint density at radius 2 is 1.40 bits per heavy atom. The van der Waals surface area contributed by atoms with Gasteiger partial charge in [0.1, 0.15) is 11.2 Å². The zero-order valence-electron chi connectivity index (χ0n) is 20.8. The van der Waals surface area contributed by atoms with E-state index in [9.17, 15) is 29.4 Å². The summed E-state index contributed by atoms with van der Waals surface area (Å²) >= 11 is 3.31. The molecular formula is C23H32BrN3O8. The highest BCUT2D eigenvalue weighted by Gasteiger charge is 2.37. The van der Waals surface area contributed by atoms with Gasteiger partial charge in [-0.1, -0.05) is 15.9 Å². The van der Waals surface area contributed by atoms with Crippen molar-refractivity contribution >= 4 is 45.9 Å². The van der Waals surface area contributed by atoms with E-state index in [0.717, 1.165) is 0 Å². The van der Waals surface area contributed by atoms with Crippen molar-refractivity contribution in [1.82, 2.24) is 9.80 Å². The van der Waals surface area contributed by atoms with Crippen molar-refractivity contribution in [2.75, 3.05) is 31.1 Å². The number of carbonyl (C=O) groups is 4. The van der Waals surface area contributed by atoms with Gasteiger partial charge >= 0.3 is 24.2 Å². The molecule has 3 amide bonds. The van der Waals surface area contributed by atoms with E-state index in [1.165, 1.54) is 11.0 Å². The van der Waals surface area contributed by atoms with Crippen molar-refractivity contribution < 1.29 is 38.9 Å². The lowest BCUT2D eigenvalue weighted by Crippen LogP contribution is -2.48. The molecule has 1 heterocycles. The number of benzene rings is 1. The first-order valence-electron chi connectivity index (χ1n) is 11.0. The second-order valence-electron chi connectivity index (χ2n) is 10.1. The predicted octanol–water partition coefficient (Wildman–Crippen LogP) is 4.62. The molecule has 0 radical (unpaired) electrons. The van der Waals surface area contributed by atoms with Gasteiger partial charge in [0.25, 0.3) is 0 Å². The van der Waals surface area contributed by atoms with Crippen LogP contribution in [0.1, 0.15) is 57.5 Å². The summed E-state index contributed by atoms with van der Waals surface area (Å²) in [6.45, 7) is 11.2. The monoisotopic (exact) mass is 557 g/mol. The summed E-state index contributed by atoms with van der Waals surface area (Å²) in [6.07, 6.45) is -3.16. The zero-order chi connectivity index (χ0) is 26.7. The number of amides is 3. The lowest BCUT2D eigenvalue weighted by atomic mass is 10.0. The Bertz CT molecular complexity index is 964. The van der Waals surface area contributed by atoms with E-state index in [-0.39, 0.29) is 30.9 Å². The van der Waals surface area contributed by atoms with Gasteiger partial charge in [0.05, 0.1) is 11.3 Å². The molecular weight excluding hydrogens is 526 g/mol. The molecule has 0 aromatic heterocycles. The van der Waals surface area contributed by atoms with Crippen molar-refractivity contribution in [2.45, 2.75) is 59.3 Å². The molecule has 0 spiro atoms. The summed E-state index contributed by atoms with van der Waals surface area (Å²) < 4.78 is 11.3. The van der Waals surface area contributed by atoms with E-state index in [1.807, 2.05) is 4.90 Å². The van der Waals surface area contributed by atoms with Crippen LogP contribution in [0.3, 0.4) is 0 Å². The van der Waals surface area contributed by atoms with Crippen LogP contribution in [-0.4, -0.2) is 81.6 Å². The van der Waals surface area contributed by atoms with Crippen LogP contribution in [0.4, 0.5) is 20.1 Å². The number of nitrogens with zero attached hydrogens (tertiary/aromatic N) is 3. The highest BCUT2D eigenvalue weighted by molar-refractivity contribution is 9.10. The Balaban J connectivity index is 2.59. The van der Waals surface area contributed by atoms with Crippen molar-refractivity contribution in [2.24, 2.45) is 0 Å². The van der Waals surface area contributed by atoms with Gasteiger partial charge in [0.15, 0.2) is 0 Å². The first-order chi connectivity index (χ1) is 16.0. The number of carbonyl (C=O) groups excluding carboxylic acids is 2. The molecule has 2 rings (SSSR count). The van der Waals surface area contributed by atoms with Gasteiger partial charge in [-0.2, -0.15) is 4.90 Å². The number of piperazine rings is 1. The van der Waals surface area contributed by atoms with Crippen molar-refractivity contribution in [1.29, 1.82) is 0 Å². The Kier molecular flexibility index (Phi) is 8.77. The summed E-state index contributed by atoms with van der Waals surface area (Å²) in [4.78, 5) is 53.7. The maximum absolute atomic E-state index is 13.2. The van der Waals surface area contributed by atoms with E-state index < -0.39 is 35.5 Å². The van der Waals surface area contributed by atoms with Crippen LogP contribution < -0.4 is 4.90 Å². The largest absolute Gasteiger partial charge is 0.478 e. The second-order valence-corrected chi connectivity index (χ2v) is 11.0. The number of aromatic carboxylic acids is 1. The first kappa shape index (κ1) is 28.4. The molecule has 0 aliphatic carbocycles. The highest BCUT2D eigenvalue weighted by Crippen LogP contribution is 2.33. The molecule has 1 aliphatic heterocycles. The SMILES string of the molecule is CC(C)(C)OC(=O)N(C(=O)OC(C)(C)C)c1c(CN2CCN(C(=O)O)CC2)cc(Br)cc1C(=O)O. The van der Waals surface area contributed by atoms with E-state index in [4.69, 9.17) is 9.47 Å². The molecule has 0 bridgehead atoms. The maximum Gasteiger partial charge on any atom is 0.424 e. The standard InChI is InChI=1S/C23H32BrN3O8/c1-22(2,3)34-20(32)27(21(33)35-23(4,5)6)17-14(11-15(24)12-16(17)18(28)29)13-25-7-9-26(10-8-25)19(30)31/h11-12H,7-10,13H2,1-6H3,(H,28,29)(H,30,31). The number of rotatable bonds is 4. The zero-order valence-corrected chi connectivity index (χ0v) is 22.3. The third-order valence-electron chi connectivity index (χ3n) is 4.80. The van der Waals surface area contributed by atoms with Crippen molar-refractivity contribution in [3.05, 3.63) is 27.7 Å². The van der Waals surface area contributed by atoms with Gasteiger partial charge in [-0.25, -0.2) is 19.2 Å². The molecule has 12 heteroatoms. The minimum Gasteiger partial charge on any atom is -0.478 e. The van der Waals surface area contributed by atoms with Gasteiger partial charge in [-0.05, 0) is 59.2 Å². The molecule has 1 aromatic rings. The Morgan fingerprint density at radius 1 is 0.914 bits per heavy atom. The van der Waals surface area contributed by atoms with Crippen LogP contribution >= 0.6 is 15.9 Å². The topological polar surface area (TPSA) is 137 Å². The molecule has 1 fully saturated rings. The number of carboxylic acid groups (broad SMARTS) is 2. The summed E-state index contributed by atoms with van der Waals surface area (Å²) in [5, 5.41) is 19.2.